The summed E-state index contributed by atoms with van der Waals surface area (Å²) in [6, 6.07) is 58.8. The van der Waals surface area contributed by atoms with Gasteiger partial charge in [0.05, 0.1) is 11.4 Å². The van der Waals surface area contributed by atoms with Gasteiger partial charge in [0, 0.05) is 22.1 Å². The first-order valence-corrected chi connectivity index (χ1v) is 18.0. The zero-order chi connectivity index (χ0) is 35.5. The van der Waals surface area contributed by atoms with Gasteiger partial charge in [-0.1, -0.05) is 141 Å². The fraction of sp³-hybridized carbons (Fsp3) is 0.0612. The topological polar surface area (TPSA) is 44.2 Å². The molecule has 10 rings (SSSR count). The lowest BCUT2D eigenvalue weighted by atomic mass is 9.82. The molecule has 4 nitrogen and oxygen atoms in total. The van der Waals surface area contributed by atoms with Crippen molar-refractivity contribution in [2.45, 2.75) is 19.3 Å². The predicted molar refractivity (Wildman–Crippen MR) is 213 cm³/mol. The van der Waals surface area contributed by atoms with Crippen LogP contribution in [-0.4, -0.2) is 9.97 Å². The van der Waals surface area contributed by atoms with Gasteiger partial charge in [0.2, 0.25) is 0 Å². The van der Waals surface area contributed by atoms with Gasteiger partial charge < -0.3 is 9.47 Å². The van der Waals surface area contributed by atoms with E-state index in [1.165, 1.54) is 27.8 Å². The molecular formula is C49H34N2O2. The summed E-state index contributed by atoms with van der Waals surface area (Å²) in [5, 5.41) is 0. The van der Waals surface area contributed by atoms with E-state index in [0.29, 0.717) is 17.3 Å². The van der Waals surface area contributed by atoms with Gasteiger partial charge in [-0.2, -0.15) is 0 Å². The highest BCUT2D eigenvalue weighted by Crippen LogP contribution is 2.55. The Bertz CT molecular complexity index is 2700. The second-order valence-electron chi connectivity index (χ2n) is 14.2. The molecule has 1 aliphatic carbocycles. The van der Waals surface area contributed by atoms with Crippen molar-refractivity contribution in [3.63, 3.8) is 0 Å². The Hall–Kier alpha value is -6.78. The molecule has 0 spiro atoms. The number of hydrogen-bond acceptors (Lipinski definition) is 4. The quantitative estimate of drug-likeness (QED) is 0.181. The summed E-state index contributed by atoms with van der Waals surface area (Å²) in [5.41, 5.74) is 14.0. The molecule has 0 amide bonds. The van der Waals surface area contributed by atoms with Crippen LogP contribution in [-0.2, 0) is 5.41 Å². The summed E-state index contributed by atoms with van der Waals surface area (Å²) >= 11 is 0. The Morgan fingerprint density at radius 1 is 0.358 bits per heavy atom. The van der Waals surface area contributed by atoms with Crippen LogP contribution < -0.4 is 9.47 Å². The fourth-order valence-corrected chi connectivity index (χ4v) is 7.76. The molecule has 0 radical (unpaired) electrons. The molecule has 2 heterocycles. The average molecular weight is 683 g/mol. The lowest BCUT2D eigenvalue weighted by molar-refractivity contribution is 0.359. The monoisotopic (exact) mass is 682 g/mol. The maximum absolute atomic E-state index is 6.58. The maximum Gasteiger partial charge on any atom is 0.170 e. The standard InChI is InChI=1S/C49H34N2O2/c1-49(2)40-22-10-9-21-38(40)39-28-46-47(29-41(39)49)52-44-24-23-35(27-45(44)53-46)34-18-12-20-37(26-34)48-50-42(32-15-7-4-8-16-32)30-43(51-48)36-19-11-17-33(25-36)31-13-5-3-6-14-31/h3-30H,1-2H3. The zero-order valence-corrected chi connectivity index (χ0v) is 29.4. The molecule has 0 atom stereocenters. The minimum Gasteiger partial charge on any atom is -0.450 e. The third-order valence-electron chi connectivity index (χ3n) is 10.5. The highest BCUT2D eigenvalue weighted by molar-refractivity contribution is 5.84. The Kier molecular flexibility index (Phi) is 7.12. The van der Waals surface area contributed by atoms with Crippen molar-refractivity contribution >= 4 is 0 Å². The van der Waals surface area contributed by atoms with Crippen LogP contribution in [0.25, 0.3) is 67.3 Å². The molecule has 4 heteroatoms. The second-order valence-corrected chi connectivity index (χ2v) is 14.2. The van der Waals surface area contributed by atoms with Gasteiger partial charge in [-0.15, -0.1) is 0 Å². The molecule has 252 valence electrons. The Labute approximate surface area is 309 Å². The number of hydrogen-bond donors (Lipinski definition) is 0. The van der Waals surface area contributed by atoms with Crippen LogP contribution >= 0.6 is 0 Å². The molecule has 53 heavy (non-hydrogen) atoms. The lowest BCUT2D eigenvalue weighted by Crippen LogP contribution is -2.15. The third-order valence-corrected chi connectivity index (χ3v) is 10.5. The fourth-order valence-electron chi connectivity index (χ4n) is 7.76. The molecule has 1 aromatic heterocycles. The van der Waals surface area contributed by atoms with Crippen molar-refractivity contribution in [2.24, 2.45) is 0 Å². The van der Waals surface area contributed by atoms with Crippen LogP contribution in [0.3, 0.4) is 0 Å². The smallest absolute Gasteiger partial charge is 0.170 e. The van der Waals surface area contributed by atoms with E-state index in [9.17, 15) is 0 Å². The predicted octanol–water partition coefficient (Wildman–Crippen LogP) is 13.0. The van der Waals surface area contributed by atoms with Gasteiger partial charge in [0.25, 0.3) is 0 Å². The van der Waals surface area contributed by atoms with Gasteiger partial charge in [-0.05, 0) is 87.0 Å². The third kappa shape index (κ3) is 5.39. The summed E-state index contributed by atoms with van der Waals surface area (Å²) in [6.45, 7) is 4.55. The van der Waals surface area contributed by atoms with Gasteiger partial charge >= 0.3 is 0 Å². The van der Waals surface area contributed by atoms with Crippen LogP contribution in [0.2, 0.25) is 0 Å². The van der Waals surface area contributed by atoms with Crippen LogP contribution in [0.4, 0.5) is 0 Å². The second kappa shape index (κ2) is 12.2. The molecule has 0 bridgehead atoms. The molecule has 0 fully saturated rings. The molecule has 0 N–H and O–H groups in total. The minimum atomic E-state index is -0.114. The zero-order valence-electron chi connectivity index (χ0n) is 29.4. The molecule has 2 aliphatic rings. The highest BCUT2D eigenvalue weighted by Gasteiger charge is 2.37. The number of aromatic nitrogens is 2. The minimum absolute atomic E-state index is 0.114. The van der Waals surface area contributed by atoms with E-state index in [1.807, 2.05) is 30.3 Å². The van der Waals surface area contributed by atoms with E-state index in [0.717, 1.165) is 56.3 Å². The molecule has 0 saturated heterocycles. The van der Waals surface area contributed by atoms with Crippen LogP contribution in [0.15, 0.2) is 170 Å². The van der Waals surface area contributed by atoms with E-state index in [2.05, 4.69) is 153 Å². The first-order chi connectivity index (χ1) is 26.0. The molecule has 0 unspecified atom stereocenters. The van der Waals surface area contributed by atoms with Gasteiger partial charge in [-0.3, -0.25) is 0 Å². The SMILES string of the molecule is CC1(C)c2ccccc2-c2cc3c(cc21)Oc1ccc(-c2cccc(-c4nc(-c5ccccc5)cc(-c5cccc(-c6ccccc6)c5)n4)c2)cc1O3. The van der Waals surface area contributed by atoms with Gasteiger partial charge in [0.1, 0.15) is 0 Å². The maximum atomic E-state index is 6.58. The number of benzene rings is 7. The molecule has 1 aliphatic heterocycles. The van der Waals surface area contributed by atoms with Crippen molar-refractivity contribution in [2.75, 3.05) is 0 Å². The van der Waals surface area contributed by atoms with Crippen LogP contribution in [0, 0.1) is 0 Å². The van der Waals surface area contributed by atoms with Crippen molar-refractivity contribution in [1.82, 2.24) is 9.97 Å². The van der Waals surface area contributed by atoms with E-state index in [4.69, 9.17) is 19.4 Å². The Morgan fingerprint density at radius 2 is 0.906 bits per heavy atom. The van der Waals surface area contributed by atoms with E-state index in [1.54, 1.807) is 0 Å². The number of ether oxygens (including phenoxy) is 2. The summed E-state index contributed by atoms with van der Waals surface area (Å²) < 4.78 is 13.1. The van der Waals surface area contributed by atoms with Crippen molar-refractivity contribution in [3.8, 4) is 90.3 Å². The molecule has 8 aromatic rings. The normalized spacial score (nSPS) is 13.2. The van der Waals surface area contributed by atoms with E-state index < -0.39 is 0 Å². The summed E-state index contributed by atoms with van der Waals surface area (Å²) in [6.07, 6.45) is 0. The Balaban J connectivity index is 1.01. The van der Waals surface area contributed by atoms with Gasteiger partial charge in [0.15, 0.2) is 28.8 Å². The van der Waals surface area contributed by atoms with E-state index >= 15 is 0 Å². The van der Waals surface area contributed by atoms with Crippen LogP contribution in [0.5, 0.6) is 23.0 Å². The lowest BCUT2D eigenvalue weighted by Gasteiger charge is -2.25. The van der Waals surface area contributed by atoms with Crippen molar-refractivity contribution < 1.29 is 9.47 Å². The largest absolute Gasteiger partial charge is 0.450 e. The van der Waals surface area contributed by atoms with Gasteiger partial charge in [-0.25, -0.2) is 9.97 Å². The summed E-state index contributed by atoms with van der Waals surface area (Å²) in [5.74, 6) is 3.52. The van der Waals surface area contributed by atoms with Crippen LogP contribution in [0.1, 0.15) is 25.0 Å². The number of rotatable bonds is 5. The first-order valence-electron chi connectivity index (χ1n) is 18.0. The van der Waals surface area contributed by atoms with Crippen molar-refractivity contribution in [3.05, 3.63) is 181 Å². The number of nitrogens with zero attached hydrogens (tertiary/aromatic N) is 2. The van der Waals surface area contributed by atoms with Crippen molar-refractivity contribution in [1.29, 1.82) is 0 Å². The Morgan fingerprint density at radius 3 is 1.70 bits per heavy atom. The summed E-state index contributed by atoms with van der Waals surface area (Å²) in [4.78, 5) is 10.3. The molecule has 7 aromatic carbocycles. The first kappa shape index (κ1) is 31.0. The van der Waals surface area contributed by atoms with E-state index in [-0.39, 0.29) is 5.41 Å². The molecule has 0 saturated carbocycles. The highest BCUT2D eigenvalue weighted by atomic mass is 16.6. The average Bonchev–Trinajstić information content (AvgIpc) is 3.44. The summed E-state index contributed by atoms with van der Waals surface area (Å²) in [7, 11) is 0. The number of fused-ring (bicyclic) bond motifs is 5. The molecular weight excluding hydrogens is 649 g/mol.